The van der Waals surface area contributed by atoms with Crippen molar-refractivity contribution in [2.75, 3.05) is 19.6 Å². The summed E-state index contributed by atoms with van der Waals surface area (Å²) in [5.74, 6) is -1.43. The minimum absolute atomic E-state index is 0.151. The van der Waals surface area contributed by atoms with E-state index < -0.39 is 43.4 Å². The summed E-state index contributed by atoms with van der Waals surface area (Å²) in [4.78, 5) is 46.9. The first kappa shape index (κ1) is 23.0. The molecule has 1 aliphatic heterocycles. The molecule has 0 saturated heterocycles. The Morgan fingerprint density at radius 1 is 1.33 bits per heavy atom. The van der Waals surface area contributed by atoms with Gasteiger partial charge in [-0.05, 0) is 19.1 Å². The predicted octanol–water partition coefficient (Wildman–Crippen LogP) is -0.760. The zero-order valence-electron chi connectivity index (χ0n) is 16.0. The summed E-state index contributed by atoms with van der Waals surface area (Å²) in [6.45, 7) is 1.18. The van der Waals surface area contributed by atoms with Gasteiger partial charge in [0.25, 0.3) is 5.69 Å². The molecule has 13 heteroatoms. The summed E-state index contributed by atoms with van der Waals surface area (Å²) in [7, 11) is -4.20. The lowest BCUT2D eigenvalue weighted by Crippen LogP contribution is -2.49. The van der Waals surface area contributed by atoms with E-state index in [0.717, 1.165) is 12.1 Å². The van der Waals surface area contributed by atoms with Crippen LogP contribution in [0.2, 0.25) is 0 Å². The van der Waals surface area contributed by atoms with Crippen LogP contribution in [-0.2, 0) is 24.4 Å². The van der Waals surface area contributed by atoms with Gasteiger partial charge in [-0.25, -0.2) is 13.1 Å². The van der Waals surface area contributed by atoms with Gasteiger partial charge in [0.05, 0.1) is 4.92 Å². The molecule has 0 bridgehead atoms. The first-order valence-corrected chi connectivity index (χ1v) is 10.4. The lowest BCUT2D eigenvalue weighted by atomic mass is 10.2. The van der Waals surface area contributed by atoms with Crippen LogP contribution in [0, 0.1) is 10.1 Å². The fourth-order valence-electron chi connectivity index (χ4n) is 2.64. The Kier molecular flexibility index (Phi) is 7.60. The van der Waals surface area contributed by atoms with Crippen LogP contribution in [0.1, 0.15) is 13.3 Å². The predicted molar refractivity (Wildman–Crippen MR) is 104 cm³/mol. The minimum atomic E-state index is -4.20. The number of rotatable bonds is 8. The molecule has 1 aromatic carbocycles. The van der Waals surface area contributed by atoms with Gasteiger partial charge in [0.2, 0.25) is 27.7 Å². The van der Waals surface area contributed by atoms with Crippen molar-refractivity contribution in [3.8, 4) is 0 Å². The van der Waals surface area contributed by atoms with Crippen molar-refractivity contribution >= 4 is 33.4 Å². The number of para-hydroxylation sites is 1. The molecule has 162 valence electrons. The summed E-state index contributed by atoms with van der Waals surface area (Å²) in [5, 5.41) is 15.9. The molecule has 0 unspecified atom stereocenters. The van der Waals surface area contributed by atoms with E-state index in [1.807, 2.05) is 0 Å². The largest absolute Gasteiger partial charge is 0.345 e. The van der Waals surface area contributed by atoms with Gasteiger partial charge in [-0.1, -0.05) is 12.1 Å². The number of amides is 3. The van der Waals surface area contributed by atoms with Crippen LogP contribution in [0.15, 0.2) is 41.4 Å². The van der Waals surface area contributed by atoms with Gasteiger partial charge in [0.15, 0.2) is 4.90 Å². The Morgan fingerprint density at radius 3 is 2.73 bits per heavy atom. The normalized spacial score (nSPS) is 15.1. The average molecular weight is 439 g/mol. The van der Waals surface area contributed by atoms with E-state index in [1.165, 1.54) is 30.2 Å². The van der Waals surface area contributed by atoms with Gasteiger partial charge in [0.1, 0.15) is 12.6 Å². The molecule has 1 atom stereocenters. The summed E-state index contributed by atoms with van der Waals surface area (Å²) in [6.07, 6.45) is 2.73. The third-order valence-corrected chi connectivity index (χ3v) is 5.59. The molecule has 2 rings (SSSR count). The highest BCUT2D eigenvalue weighted by atomic mass is 32.2. The standard InChI is InChI=1S/C17H21N5O7S/c1-12(17(25)21-10-4-8-18-16(24)11-21)20-15(23)7-9-19-30(28,29)14-6-3-2-5-13(14)22(26)27/h2-6,8,12,19H,7,9-11H2,1H3,(H,18,24)(H,20,23)/t12-/m0/s1. The highest BCUT2D eigenvalue weighted by Crippen LogP contribution is 2.22. The van der Waals surface area contributed by atoms with Gasteiger partial charge < -0.3 is 15.5 Å². The Bertz CT molecular complexity index is 976. The Morgan fingerprint density at radius 2 is 2.03 bits per heavy atom. The molecule has 1 aromatic rings. The number of hydrogen-bond acceptors (Lipinski definition) is 7. The summed E-state index contributed by atoms with van der Waals surface area (Å²) in [5.41, 5.74) is -0.579. The fourth-order valence-corrected chi connectivity index (χ4v) is 3.85. The van der Waals surface area contributed by atoms with Crippen molar-refractivity contribution in [1.82, 2.24) is 20.3 Å². The highest BCUT2D eigenvalue weighted by Gasteiger charge is 2.26. The number of nitrogens with zero attached hydrogens (tertiary/aromatic N) is 2. The average Bonchev–Trinajstić information content (AvgIpc) is 2.91. The van der Waals surface area contributed by atoms with Gasteiger partial charge in [0, 0.05) is 31.8 Å². The van der Waals surface area contributed by atoms with Crippen LogP contribution in [0.4, 0.5) is 5.69 Å². The molecule has 0 aromatic heterocycles. The van der Waals surface area contributed by atoms with E-state index in [9.17, 15) is 32.9 Å². The lowest BCUT2D eigenvalue weighted by molar-refractivity contribution is -0.387. The molecule has 0 aliphatic carbocycles. The Labute approximate surface area is 172 Å². The summed E-state index contributed by atoms with van der Waals surface area (Å²) in [6, 6.07) is 3.91. The smallest absolute Gasteiger partial charge is 0.289 e. The quantitative estimate of drug-likeness (QED) is 0.353. The molecule has 0 saturated carbocycles. The first-order valence-electron chi connectivity index (χ1n) is 8.87. The van der Waals surface area contributed by atoms with Gasteiger partial charge >= 0.3 is 0 Å². The number of carbonyl (C=O) groups is 3. The summed E-state index contributed by atoms with van der Waals surface area (Å²) < 4.78 is 26.7. The summed E-state index contributed by atoms with van der Waals surface area (Å²) >= 11 is 0. The number of carbonyl (C=O) groups excluding carboxylic acids is 3. The van der Waals surface area contributed by atoms with Crippen molar-refractivity contribution in [2.45, 2.75) is 24.3 Å². The first-order chi connectivity index (χ1) is 14.1. The molecule has 3 N–H and O–H groups in total. The molecule has 0 fully saturated rings. The molecule has 12 nitrogen and oxygen atoms in total. The minimum Gasteiger partial charge on any atom is -0.345 e. The van der Waals surface area contributed by atoms with Gasteiger partial charge in [-0.2, -0.15) is 0 Å². The van der Waals surface area contributed by atoms with Crippen molar-refractivity contribution < 1.29 is 27.7 Å². The van der Waals surface area contributed by atoms with E-state index in [1.54, 1.807) is 6.08 Å². The van der Waals surface area contributed by atoms with E-state index in [0.29, 0.717) is 0 Å². The lowest BCUT2D eigenvalue weighted by Gasteiger charge is -2.23. The van der Waals surface area contributed by atoms with Crippen LogP contribution in [-0.4, -0.2) is 61.6 Å². The SMILES string of the molecule is C[C@H](NC(=O)CCNS(=O)(=O)c1ccccc1[N+](=O)[O-])C(=O)N1CC=CNC(=O)C1. The van der Waals surface area contributed by atoms with Crippen molar-refractivity contribution in [2.24, 2.45) is 0 Å². The molecule has 1 heterocycles. The number of benzene rings is 1. The molecule has 0 radical (unpaired) electrons. The van der Waals surface area contributed by atoms with Crippen LogP contribution in [0.5, 0.6) is 0 Å². The van der Waals surface area contributed by atoms with Gasteiger partial charge in [-0.3, -0.25) is 24.5 Å². The van der Waals surface area contributed by atoms with Crippen molar-refractivity contribution in [3.63, 3.8) is 0 Å². The van der Waals surface area contributed by atoms with Crippen LogP contribution >= 0.6 is 0 Å². The number of hydrogen-bond donors (Lipinski definition) is 3. The maximum Gasteiger partial charge on any atom is 0.289 e. The number of nitro groups is 1. The Hall–Kier alpha value is -3.32. The molecule has 0 spiro atoms. The molecular weight excluding hydrogens is 418 g/mol. The number of nitrogens with one attached hydrogen (secondary N) is 3. The second-order valence-corrected chi connectivity index (χ2v) is 8.09. The third-order valence-electron chi connectivity index (χ3n) is 4.08. The third kappa shape index (κ3) is 6.09. The van der Waals surface area contributed by atoms with Gasteiger partial charge in [-0.15, -0.1) is 0 Å². The van der Waals surface area contributed by atoms with E-state index >= 15 is 0 Å². The van der Waals surface area contributed by atoms with E-state index in [-0.39, 0.29) is 32.0 Å². The molecule has 30 heavy (non-hydrogen) atoms. The zero-order chi connectivity index (χ0) is 22.3. The van der Waals surface area contributed by atoms with E-state index in [2.05, 4.69) is 15.4 Å². The Balaban J connectivity index is 1.88. The fraction of sp³-hybridized carbons (Fsp3) is 0.353. The second-order valence-electron chi connectivity index (χ2n) is 6.35. The number of nitro benzene ring substituents is 1. The maximum absolute atomic E-state index is 12.4. The second kappa shape index (κ2) is 9.93. The van der Waals surface area contributed by atoms with Crippen molar-refractivity contribution in [1.29, 1.82) is 0 Å². The monoisotopic (exact) mass is 439 g/mol. The molecule has 1 aliphatic rings. The van der Waals surface area contributed by atoms with Crippen LogP contribution in [0.3, 0.4) is 0 Å². The topological polar surface area (TPSA) is 168 Å². The zero-order valence-corrected chi connectivity index (χ0v) is 16.8. The molecular formula is C17H21N5O7S. The van der Waals surface area contributed by atoms with Crippen LogP contribution in [0.25, 0.3) is 0 Å². The molecule has 3 amide bonds. The number of sulfonamides is 1. The van der Waals surface area contributed by atoms with Crippen LogP contribution < -0.4 is 15.4 Å². The maximum atomic E-state index is 12.4. The highest BCUT2D eigenvalue weighted by molar-refractivity contribution is 7.89. The van der Waals surface area contributed by atoms with Crippen molar-refractivity contribution in [3.05, 3.63) is 46.7 Å². The van der Waals surface area contributed by atoms with E-state index in [4.69, 9.17) is 0 Å².